The lowest BCUT2D eigenvalue weighted by Gasteiger charge is -2.23. The number of fused-ring (bicyclic) bond motifs is 1. The van der Waals surface area contributed by atoms with Crippen molar-refractivity contribution < 1.29 is 14.3 Å². The summed E-state index contributed by atoms with van der Waals surface area (Å²) in [6.45, 7) is 7.34. The van der Waals surface area contributed by atoms with Gasteiger partial charge in [-0.25, -0.2) is 4.98 Å². The number of aromatic nitrogens is 1. The van der Waals surface area contributed by atoms with Gasteiger partial charge in [0, 0.05) is 37.4 Å². The van der Waals surface area contributed by atoms with E-state index in [0.29, 0.717) is 40.8 Å². The van der Waals surface area contributed by atoms with E-state index < -0.39 is 0 Å². The third-order valence-electron chi connectivity index (χ3n) is 5.39. The Kier molecular flexibility index (Phi) is 9.76. The number of thiazole rings is 1. The molecule has 0 saturated heterocycles. The lowest BCUT2D eigenvalue weighted by molar-refractivity contribution is 0.0985. The second kappa shape index (κ2) is 12.1. The maximum atomic E-state index is 13.6. The van der Waals surface area contributed by atoms with Gasteiger partial charge in [0.05, 0.1) is 14.2 Å². The molecule has 0 aliphatic rings. The Bertz CT molecular complexity index is 1010. The van der Waals surface area contributed by atoms with Crippen molar-refractivity contribution >= 4 is 50.7 Å². The number of likely N-dealkylation sites (N-methyl/N-ethyl adjacent to an activating group) is 1. The second-order valence-corrected chi connectivity index (χ2v) is 8.60. The quantitative estimate of drug-likeness (QED) is 0.405. The summed E-state index contributed by atoms with van der Waals surface area (Å²) in [6, 6.07) is 11.5. The van der Waals surface area contributed by atoms with Crippen LogP contribution in [0.5, 0.6) is 11.5 Å². The zero-order chi connectivity index (χ0) is 23.3. The van der Waals surface area contributed by atoms with Crippen molar-refractivity contribution in [3.8, 4) is 11.5 Å². The van der Waals surface area contributed by atoms with Gasteiger partial charge in [0.2, 0.25) is 0 Å². The number of carbonyl (C=O) groups excluding carboxylic acids is 1. The molecule has 1 amide bonds. The fourth-order valence-electron chi connectivity index (χ4n) is 3.53. The average Bonchev–Trinajstić information content (AvgIpc) is 3.24. The molecule has 2 aromatic carbocycles. The molecule has 0 saturated carbocycles. The van der Waals surface area contributed by atoms with Crippen LogP contribution in [0.25, 0.3) is 10.2 Å². The standard InChI is InChI=1S/C24H32N4O3S.ClH/c1-7-27(8-2)18-11-9-17(10-12-18)23(29)28(16-15-26(3)4)24-25-21-19(30-5)13-14-20(31-6)22(21)32-24;/h9-14H,7-8,15-16H2,1-6H3;1H. The van der Waals surface area contributed by atoms with Crippen LogP contribution in [0.4, 0.5) is 10.8 Å². The first-order valence-corrected chi connectivity index (χ1v) is 11.6. The molecule has 0 unspecified atom stereocenters. The number of ether oxygens (including phenoxy) is 2. The zero-order valence-corrected chi connectivity index (χ0v) is 21.8. The van der Waals surface area contributed by atoms with Crippen LogP contribution >= 0.6 is 23.7 Å². The fourth-order valence-corrected chi connectivity index (χ4v) is 4.63. The highest BCUT2D eigenvalue weighted by atomic mass is 35.5. The van der Waals surface area contributed by atoms with Gasteiger partial charge in [-0.1, -0.05) is 11.3 Å². The van der Waals surface area contributed by atoms with Crippen molar-refractivity contribution in [2.75, 3.05) is 64.3 Å². The van der Waals surface area contributed by atoms with Gasteiger partial charge >= 0.3 is 0 Å². The molecule has 3 rings (SSSR count). The van der Waals surface area contributed by atoms with E-state index >= 15 is 0 Å². The molecule has 1 heterocycles. The molecule has 1 aromatic heterocycles. The minimum atomic E-state index is -0.0741. The molecule has 180 valence electrons. The van der Waals surface area contributed by atoms with Crippen molar-refractivity contribution in [3.05, 3.63) is 42.0 Å². The smallest absolute Gasteiger partial charge is 0.260 e. The van der Waals surface area contributed by atoms with E-state index in [1.54, 1.807) is 19.1 Å². The Morgan fingerprint density at radius 1 is 0.939 bits per heavy atom. The zero-order valence-electron chi connectivity index (χ0n) is 20.1. The number of carbonyl (C=O) groups is 1. The molecule has 0 aliphatic carbocycles. The van der Waals surface area contributed by atoms with Crippen LogP contribution in [0.2, 0.25) is 0 Å². The lowest BCUT2D eigenvalue weighted by Crippen LogP contribution is -2.36. The Morgan fingerprint density at radius 3 is 2.09 bits per heavy atom. The first-order chi connectivity index (χ1) is 15.4. The summed E-state index contributed by atoms with van der Waals surface area (Å²) >= 11 is 1.44. The fraction of sp³-hybridized carbons (Fsp3) is 0.417. The summed E-state index contributed by atoms with van der Waals surface area (Å²) < 4.78 is 11.9. The minimum Gasteiger partial charge on any atom is -0.495 e. The van der Waals surface area contributed by atoms with Crippen molar-refractivity contribution in [1.29, 1.82) is 0 Å². The molecule has 33 heavy (non-hydrogen) atoms. The van der Waals surface area contributed by atoms with Crippen LogP contribution in [-0.4, -0.2) is 70.3 Å². The van der Waals surface area contributed by atoms with E-state index in [2.05, 4.69) is 23.6 Å². The van der Waals surface area contributed by atoms with Crippen LogP contribution in [0.1, 0.15) is 24.2 Å². The molecular formula is C24H33ClN4O3S. The number of nitrogens with zero attached hydrogens (tertiary/aromatic N) is 4. The predicted molar refractivity (Wildman–Crippen MR) is 140 cm³/mol. The van der Waals surface area contributed by atoms with Crippen LogP contribution in [0.3, 0.4) is 0 Å². The van der Waals surface area contributed by atoms with Gasteiger partial charge in [-0.05, 0) is 64.3 Å². The van der Waals surface area contributed by atoms with Gasteiger partial charge < -0.3 is 19.3 Å². The van der Waals surface area contributed by atoms with Gasteiger partial charge in [0.1, 0.15) is 21.7 Å². The maximum absolute atomic E-state index is 13.6. The molecule has 3 aromatic rings. The molecule has 7 nitrogen and oxygen atoms in total. The Hall–Kier alpha value is -2.55. The van der Waals surface area contributed by atoms with Gasteiger partial charge in [-0.15, -0.1) is 12.4 Å². The van der Waals surface area contributed by atoms with E-state index in [1.165, 1.54) is 11.3 Å². The molecule has 0 spiro atoms. The van der Waals surface area contributed by atoms with Crippen LogP contribution < -0.4 is 19.3 Å². The number of benzene rings is 2. The summed E-state index contributed by atoms with van der Waals surface area (Å²) in [5, 5.41) is 0.627. The number of halogens is 1. The van der Waals surface area contributed by atoms with Crippen molar-refractivity contribution in [2.45, 2.75) is 13.8 Å². The Balaban J connectivity index is 0.00000385. The topological polar surface area (TPSA) is 58.1 Å². The molecule has 0 atom stereocenters. The van der Waals surface area contributed by atoms with Gasteiger partial charge in [-0.3, -0.25) is 9.69 Å². The van der Waals surface area contributed by atoms with Crippen molar-refractivity contribution in [1.82, 2.24) is 9.88 Å². The number of methoxy groups -OCH3 is 2. The molecule has 0 radical (unpaired) electrons. The monoisotopic (exact) mass is 492 g/mol. The molecule has 0 fully saturated rings. The first kappa shape index (κ1) is 26.7. The highest BCUT2D eigenvalue weighted by Gasteiger charge is 2.24. The number of hydrogen-bond acceptors (Lipinski definition) is 7. The van der Waals surface area contributed by atoms with Gasteiger partial charge in [0.25, 0.3) is 5.91 Å². The number of rotatable bonds is 10. The van der Waals surface area contributed by atoms with E-state index in [4.69, 9.17) is 14.5 Å². The molecule has 9 heteroatoms. The highest BCUT2D eigenvalue weighted by Crippen LogP contribution is 2.40. The summed E-state index contributed by atoms with van der Waals surface area (Å²) in [6.07, 6.45) is 0. The molecule has 0 bridgehead atoms. The number of anilines is 2. The van der Waals surface area contributed by atoms with Crippen molar-refractivity contribution in [2.24, 2.45) is 0 Å². The summed E-state index contributed by atoms with van der Waals surface area (Å²) in [5.41, 5.74) is 2.45. The third kappa shape index (κ3) is 5.88. The maximum Gasteiger partial charge on any atom is 0.260 e. The number of amides is 1. The Labute approximate surface area is 206 Å². The van der Waals surface area contributed by atoms with E-state index in [0.717, 1.165) is 23.5 Å². The van der Waals surface area contributed by atoms with E-state index in [1.807, 2.05) is 50.5 Å². The normalized spacial score (nSPS) is 10.8. The van der Waals surface area contributed by atoms with Crippen LogP contribution in [-0.2, 0) is 0 Å². The van der Waals surface area contributed by atoms with E-state index in [9.17, 15) is 4.79 Å². The van der Waals surface area contributed by atoms with Gasteiger partial charge in [-0.2, -0.15) is 0 Å². The van der Waals surface area contributed by atoms with Crippen molar-refractivity contribution in [3.63, 3.8) is 0 Å². The van der Waals surface area contributed by atoms with E-state index in [-0.39, 0.29) is 18.3 Å². The highest BCUT2D eigenvalue weighted by molar-refractivity contribution is 7.22. The first-order valence-electron chi connectivity index (χ1n) is 10.8. The Morgan fingerprint density at radius 2 is 1.55 bits per heavy atom. The minimum absolute atomic E-state index is 0. The van der Waals surface area contributed by atoms with Gasteiger partial charge in [0.15, 0.2) is 5.13 Å². The largest absolute Gasteiger partial charge is 0.495 e. The summed E-state index contributed by atoms with van der Waals surface area (Å²) in [5.74, 6) is 1.30. The van der Waals surface area contributed by atoms with Crippen LogP contribution in [0, 0.1) is 0 Å². The second-order valence-electron chi connectivity index (χ2n) is 7.62. The third-order valence-corrected chi connectivity index (χ3v) is 6.48. The molecular weight excluding hydrogens is 460 g/mol. The SMILES string of the molecule is CCN(CC)c1ccc(C(=O)N(CCN(C)C)c2nc3c(OC)ccc(OC)c3s2)cc1.Cl. The number of hydrogen-bond donors (Lipinski definition) is 0. The predicted octanol–water partition coefficient (Wildman–Crippen LogP) is 4.79. The summed E-state index contributed by atoms with van der Waals surface area (Å²) in [7, 11) is 7.23. The summed E-state index contributed by atoms with van der Waals surface area (Å²) in [4.78, 5) is 24.4. The van der Waals surface area contributed by atoms with Crippen LogP contribution in [0.15, 0.2) is 36.4 Å². The molecule has 0 N–H and O–H groups in total. The lowest BCUT2D eigenvalue weighted by atomic mass is 10.1. The average molecular weight is 493 g/mol. The molecule has 0 aliphatic heterocycles.